The largest absolute Gasteiger partial charge is 0.343 e. The van der Waals surface area contributed by atoms with Crippen molar-refractivity contribution in [3.05, 3.63) is 71.8 Å². The van der Waals surface area contributed by atoms with E-state index in [0.29, 0.717) is 49.7 Å². The molecule has 0 aliphatic carbocycles. The van der Waals surface area contributed by atoms with Crippen molar-refractivity contribution in [2.45, 2.75) is 193 Å². The average molecular weight is 1140 g/mol. The number of benzene rings is 2. The lowest BCUT2D eigenvalue weighted by molar-refractivity contribution is -0.144. The van der Waals surface area contributed by atoms with E-state index in [9.17, 15) is 47.9 Å². The van der Waals surface area contributed by atoms with E-state index in [0.717, 1.165) is 0 Å². The van der Waals surface area contributed by atoms with Gasteiger partial charge in [0.05, 0.1) is 0 Å². The first kappa shape index (κ1) is 65.9. The predicted octanol–water partition coefficient (Wildman–Crippen LogP) is 1.23. The van der Waals surface area contributed by atoms with Gasteiger partial charge in [-0.3, -0.25) is 47.9 Å². The minimum atomic E-state index is -1.25. The van der Waals surface area contributed by atoms with E-state index in [2.05, 4.69) is 42.5 Å². The van der Waals surface area contributed by atoms with Crippen LogP contribution in [0.4, 0.5) is 0 Å². The fourth-order valence-corrected chi connectivity index (χ4v) is 10.8. The van der Waals surface area contributed by atoms with Crippen molar-refractivity contribution in [3.63, 3.8) is 0 Å². The van der Waals surface area contributed by atoms with Crippen LogP contribution >= 0.6 is 0 Å². The molecular formula is C60H92N12O10. The summed E-state index contributed by atoms with van der Waals surface area (Å²) in [7, 11) is 0. The van der Waals surface area contributed by atoms with E-state index in [4.69, 9.17) is 11.5 Å². The molecule has 3 aliphatic heterocycles. The van der Waals surface area contributed by atoms with Gasteiger partial charge in [-0.1, -0.05) is 129 Å². The maximum absolute atomic E-state index is 14.7. The van der Waals surface area contributed by atoms with Crippen LogP contribution in [-0.2, 0) is 60.8 Å². The second kappa shape index (κ2) is 32.0. The van der Waals surface area contributed by atoms with Gasteiger partial charge < -0.3 is 63.8 Å². The zero-order chi connectivity index (χ0) is 60.2. The summed E-state index contributed by atoms with van der Waals surface area (Å²) in [5, 5.41) is 23.0. The molecule has 12 N–H and O–H groups in total. The molecule has 10 amide bonds. The predicted molar refractivity (Wildman–Crippen MR) is 310 cm³/mol. The summed E-state index contributed by atoms with van der Waals surface area (Å²) in [6, 6.07) is 6.19. The van der Waals surface area contributed by atoms with Gasteiger partial charge in [-0.05, 0) is 99.3 Å². The van der Waals surface area contributed by atoms with E-state index in [1.165, 1.54) is 9.80 Å². The summed E-state index contributed by atoms with van der Waals surface area (Å²) < 4.78 is 0. The monoisotopic (exact) mass is 1140 g/mol. The van der Waals surface area contributed by atoms with Crippen molar-refractivity contribution in [1.82, 2.24) is 52.3 Å². The highest BCUT2D eigenvalue weighted by Gasteiger charge is 2.44. The van der Waals surface area contributed by atoms with E-state index in [1.54, 1.807) is 90.1 Å². The lowest BCUT2D eigenvalue weighted by Crippen LogP contribution is -2.63. The molecule has 3 heterocycles. The molecule has 0 unspecified atom stereocenters. The molecule has 0 saturated carbocycles. The normalized spacial score (nSPS) is 27.2. The van der Waals surface area contributed by atoms with Crippen LogP contribution in [0.25, 0.3) is 0 Å². The Morgan fingerprint density at radius 1 is 0.427 bits per heavy atom. The lowest BCUT2D eigenvalue weighted by Gasteiger charge is -2.33. The van der Waals surface area contributed by atoms with Crippen LogP contribution in [0.3, 0.4) is 0 Å². The van der Waals surface area contributed by atoms with Gasteiger partial charge in [0.1, 0.15) is 60.4 Å². The molecule has 0 radical (unpaired) electrons. The first-order valence-corrected chi connectivity index (χ1v) is 29.7. The molecule has 5 rings (SSSR count). The van der Waals surface area contributed by atoms with Crippen molar-refractivity contribution in [2.75, 3.05) is 26.2 Å². The van der Waals surface area contributed by atoms with Gasteiger partial charge in [-0.2, -0.15) is 0 Å². The highest BCUT2D eigenvalue weighted by Crippen LogP contribution is 2.24. The van der Waals surface area contributed by atoms with Gasteiger partial charge in [-0.15, -0.1) is 0 Å². The van der Waals surface area contributed by atoms with Crippen LogP contribution in [-0.4, -0.2) is 155 Å². The van der Waals surface area contributed by atoms with Crippen LogP contribution in [0.5, 0.6) is 0 Å². The van der Waals surface area contributed by atoms with Crippen LogP contribution < -0.4 is 54.0 Å². The topological polar surface area (TPSA) is 325 Å². The Labute approximate surface area is 483 Å². The highest BCUT2D eigenvalue weighted by molar-refractivity contribution is 6.00. The number of amides is 10. The maximum atomic E-state index is 14.7. The van der Waals surface area contributed by atoms with E-state index < -0.39 is 143 Å². The van der Waals surface area contributed by atoms with Crippen LogP contribution in [0.2, 0.25) is 0 Å². The Morgan fingerprint density at radius 2 is 0.744 bits per heavy atom. The third-order valence-electron chi connectivity index (χ3n) is 16.2. The highest BCUT2D eigenvalue weighted by atomic mass is 16.2. The summed E-state index contributed by atoms with van der Waals surface area (Å²) in [4.78, 5) is 149. The number of hydrogen-bond donors (Lipinski definition) is 10. The standard InChI is InChI=1S/C60H92N12O10/c1-9-37(7)49-57(79)63-41(25-17-29-61)51(73)67-47(35(3)4)59(81)72-32-20-28-46(72)56(78)66-44(34-40-23-15-12-16-24-40)54(76)70-50(38(8)10-2)58(80)64-42(26-18-30-62)52(74)68-48(36(5)6)60(82)71-31-19-27-45(71)55(77)65-43(53(75)69-49)33-39-21-13-11-14-22-39/h11-16,21-24,35-38,41-50H,9-10,17-20,25-34,61-62H2,1-8H3,(H,63,79)(H,64,80)(H,65,77)(H,66,78)(H,67,73)(H,68,74)(H,69,75)(H,70,76)/t37-,38-,41-,42-,43+,44+,45-,46-,47-,48-,49-,50-/m0/s1. The van der Waals surface area contributed by atoms with Gasteiger partial charge in [0.15, 0.2) is 0 Å². The molecule has 3 fully saturated rings. The number of nitrogens with two attached hydrogens (primary N) is 2. The summed E-state index contributed by atoms with van der Waals surface area (Å²) >= 11 is 0. The minimum absolute atomic E-state index is 0.00996. The number of fused-ring (bicyclic) bond motifs is 2. The van der Waals surface area contributed by atoms with Crippen LogP contribution in [0.1, 0.15) is 131 Å². The Bertz CT molecular complexity index is 2330. The zero-order valence-electron chi connectivity index (χ0n) is 49.3. The Kier molecular flexibility index (Phi) is 25.7. The van der Waals surface area contributed by atoms with E-state index >= 15 is 0 Å². The quantitative estimate of drug-likeness (QED) is 0.114. The number of nitrogens with one attached hydrogen (secondary N) is 8. The third-order valence-corrected chi connectivity index (χ3v) is 16.2. The van der Waals surface area contributed by atoms with Crippen molar-refractivity contribution in [1.29, 1.82) is 0 Å². The number of rotatable bonds is 16. The summed E-state index contributed by atoms with van der Waals surface area (Å²) in [6.07, 6.45) is 2.99. The fraction of sp³-hybridized carbons (Fsp3) is 0.633. The lowest BCUT2D eigenvalue weighted by atomic mass is 9.96. The van der Waals surface area contributed by atoms with Gasteiger partial charge in [0, 0.05) is 25.9 Å². The van der Waals surface area contributed by atoms with Crippen molar-refractivity contribution in [3.8, 4) is 0 Å². The Balaban J connectivity index is 1.59. The molecule has 3 saturated heterocycles. The Morgan fingerprint density at radius 3 is 1.06 bits per heavy atom. The first-order chi connectivity index (χ1) is 39.1. The molecule has 3 aliphatic rings. The molecule has 0 bridgehead atoms. The second-order valence-corrected chi connectivity index (χ2v) is 23.1. The molecule has 12 atom stereocenters. The molecule has 2 aromatic carbocycles. The summed E-state index contributed by atoms with van der Waals surface area (Å²) in [5.74, 6) is -8.42. The van der Waals surface area contributed by atoms with Crippen molar-refractivity contribution >= 4 is 59.1 Å². The maximum Gasteiger partial charge on any atom is 0.246 e. The average Bonchev–Trinajstić information content (AvgIpc) is 4.26. The molecule has 82 heavy (non-hydrogen) atoms. The molecule has 0 spiro atoms. The van der Waals surface area contributed by atoms with E-state index in [1.807, 2.05) is 26.0 Å². The van der Waals surface area contributed by atoms with Gasteiger partial charge in [0.2, 0.25) is 59.1 Å². The molecule has 22 heteroatoms. The van der Waals surface area contributed by atoms with E-state index in [-0.39, 0.29) is 64.7 Å². The fourth-order valence-electron chi connectivity index (χ4n) is 10.8. The molecule has 2 aromatic rings. The smallest absolute Gasteiger partial charge is 0.246 e. The summed E-state index contributed by atoms with van der Waals surface area (Å²) in [6.45, 7) is 14.9. The molecule has 0 aromatic heterocycles. The van der Waals surface area contributed by atoms with Crippen LogP contribution in [0.15, 0.2) is 60.7 Å². The van der Waals surface area contributed by atoms with Gasteiger partial charge in [0.25, 0.3) is 0 Å². The van der Waals surface area contributed by atoms with Crippen molar-refractivity contribution in [2.24, 2.45) is 35.1 Å². The van der Waals surface area contributed by atoms with Crippen molar-refractivity contribution < 1.29 is 47.9 Å². The zero-order valence-corrected chi connectivity index (χ0v) is 49.3. The van der Waals surface area contributed by atoms with Gasteiger partial charge >= 0.3 is 0 Å². The van der Waals surface area contributed by atoms with Gasteiger partial charge in [-0.25, -0.2) is 0 Å². The minimum Gasteiger partial charge on any atom is -0.343 e. The number of nitrogens with zero attached hydrogens (tertiary/aromatic N) is 2. The Hall–Kier alpha value is -6.94. The molecular weight excluding hydrogens is 1050 g/mol. The SMILES string of the molecule is CC[C@H](C)[C@@H]1NC(=O)[C@@H](Cc2ccccc2)NC(=O)[C@@H]2CCCN2C(=O)[C@H](C(C)C)NC(=O)[C@H](CCCN)NC(=O)[C@H]([C@@H](C)CC)NC(=O)[C@@H](Cc2ccccc2)NC(=O)[C@@H]2CCCN2C(=O)[C@H](C(C)C)NC(=O)[C@H](CCCN)NC1=O. The number of carbonyl (C=O) groups excluding carboxylic acids is 10. The third kappa shape index (κ3) is 18.0. The summed E-state index contributed by atoms with van der Waals surface area (Å²) in [5.41, 5.74) is 13.3. The molecule has 452 valence electrons. The van der Waals surface area contributed by atoms with Crippen LogP contribution in [0, 0.1) is 23.7 Å². The second-order valence-electron chi connectivity index (χ2n) is 23.1. The first-order valence-electron chi connectivity index (χ1n) is 29.7. The molecule has 22 nitrogen and oxygen atoms in total. The number of hydrogen-bond acceptors (Lipinski definition) is 12. The number of carbonyl (C=O) groups is 10.